The molecule has 86 valence electrons. The summed E-state index contributed by atoms with van der Waals surface area (Å²) in [5.74, 6) is 1.58. The maximum absolute atomic E-state index is 12.2. The zero-order valence-electron chi connectivity index (χ0n) is 10.4. The highest BCUT2D eigenvalue weighted by Gasteiger charge is 2.51. The number of carbonyl (C=O) groups is 1. The van der Waals surface area contributed by atoms with E-state index in [0.29, 0.717) is 17.6 Å². The SMILES string of the molecule is C[Si](C)(C)[C@@H]1C[C@H]1C(=O)C1CCCCC1. The summed E-state index contributed by atoms with van der Waals surface area (Å²) in [6.45, 7) is 7.23. The summed E-state index contributed by atoms with van der Waals surface area (Å²) in [5.41, 5.74) is 0.812. The van der Waals surface area contributed by atoms with Gasteiger partial charge in [-0.05, 0) is 24.8 Å². The molecule has 0 aliphatic heterocycles. The van der Waals surface area contributed by atoms with Crippen LogP contribution in [0.15, 0.2) is 0 Å². The van der Waals surface area contributed by atoms with Crippen molar-refractivity contribution < 1.29 is 4.79 Å². The molecule has 2 heteroatoms. The van der Waals surface area contributed by atoms with Crippen molar-refractivity contribution in [2.75, 3.05) is 0 Å². The van der Waals surface area contributed by atoms with Crippen molar-refractivity contribution in [2.45, 2.75) is 63.7 Å². The molecule has 2 rings (SSSR count). The van der Waals surface area contributed by atoms with Gasteiger partial charge in [0.2, 0.25) is 0 Å². The Balaban J connectivity index is 1.88. The van der Waals surface area contributed by atoms with Crippen LogP contribution in [0.1, 0.15) is 38.5 Å². The van der Waals surface area contributed by atoms with Crippen LogP contribution in [0.3, 0.4) is 0 Å². The molecule has 0 aromatic rings. The molecular weight excluding hydrogens is 200 g/mol. The molecule has 0 unspecified atom stereocenters. The first-order chi connectivity index (χ1) is 7.00. The fourth-order valence-corrected chi connectivity index (χ4v) is 5.49. The lowest BCUT2D eigenvalue weighted by atomic mass is 9.85. The molecule has 2 fully saturated rings. The molecule has 2 atom stereocenters. The predicted molar refractivity (Wildman–Crippen MR) is 66.8 cm³/mol. The zero-order valence-corrected chi connectivity index (χ0v) is 11.4. The lowest BCUT2D eigenvalue weighted by Gasteiger charge is -2.21. The van der Waals surface area contributed by atoms with Crippen LogP contribution in [0.4, 0.5) is 0 Å². The molecule has 0 saturated heterocycles. The third-order valence-corrected chi connectivity index (χ3v) is 7.14. The van der Waals surface area contributed by atoms with E-state index in [1.54, 1.807) is 0 Å². The van der Waals surface area contributed by atoms with Gasteiger partial charge >= 0.3 is 0 Å². The summed E-state index contributed by atoms with van der Waals surface area (Å²) < 4.78 is 0. The molecular formula is C13H24OSi. The maximum atomic E-state index is 12.2. The molecule has 1 nitrogen and oxygen atoms in total. The number of hydrogen-bond acceptors (Lipinski definition) is 1. The summed E-state index contributed by atoms with van der Waals surface area (Å²) in [6, 6.07) is 0. The second kappa shape index (κ2) is 4.04. The molecule has 0 aromatic carbocycles. The second-order valence-electron chi connectivity index (χ2n) is 6.55. The summed E-state index contributed by atoms with van der Waals surface area (Å²) >= 11 is 0. The molecule has 0 radical (unpaired) electrons. The van der Waals surface area contributed by atoms with Crippen molar-refractivity contribution in [3.8, 4) is 0 Å². The van der Waals surface area contributed by atoms with Crippen molar-refractivity contribution in [3.63, 3.8) is 0 Å². The first kappa shape index (κ1) is 11.4. The van der Waals surface area contributed by atoms with Gasteiger partial charge in [-0.1, -0.05) is 38.9 Å². The van der Waals surface area contributed by atoms with E-state index in [1.807, 2.05) is 0 Å². The van der Waals surface area contributed by atoms with Crippen LogP contribution in [-0.2, 0) is 4.79 Å². The Morgan fingerprint density at radius 2 is 1.67 bits per heavy atom. The normalized spacial score (nSPS) is 32.7. The lowest BCUT2D eigenvalue weighted by Crippen LogP contribution is -2.25. The van der Waals surface area contributed by atoms with Crippen molar-refractivity contribution in [3.05, 3.63) is 0 Å². The largest absolute Gasteiger partial charge is 0.299 e. The molecule has 0 bridgehead atoms. The fraction of sp³-hybridized carbons (Fsp3) is 0.923. The highest BCUT2D eigenvalue weighted by Crippen LogP contribution is 2.53. The van der Waals surface area contributed by atoms with E-state index in [1.165, 1.54) is 38.5 Å². The highest BCUT2D eigenvalue weighted by atomic mass is 28.3. The Morgan fingerprint density at radius 1 is 1.07 bits per heavy atom. The third-order valence-electron chi connectivity index (χ3n) is 4.28. The average molecular weight is 224 g/mol. The van der Waals surface area contributed by atoms with Gasteiger partial charge in [0, 0.05) is 19.9 Å². The van der Waals surface area contributed by atoms with Crippen LogP contribution in [0, 0.1) is 11.8 Å². The van der Waals surface area contributed by atoms with E-state index < -0.39 is 8.07 Å². The van der Waals surface area contributed by atoms with E-state index >= 15 is 0 Å². The van der Waals surface area contributed by atoms with Crippen molar-refractivity contribution in [2.24, 2.45) is 11.8 Å². The summed E-state index contributed by atoms with van der Waals surface area (Å²) in [6.07, 6.45) is 7.54. The molecule has 2 aliphatic rings. The number of carbonyl (C=O) groups excluding carboxylic acids is 1. The van der Waals surface area contributed by atoms with Crippen LogP contribution in [0.2, 0.25) is 25.2 Å². The maximum Gasteiger partial charge on any atom is 0.139 e. The Hall–Kier alpha value is -0.113. The molecule has 2 saturated carbocycles. The van der Waals surface area contributed by atoms with Crippen molar-refractivity contribution >= 4 is 13.9 Å². The van der Waals surface area contributed by atoms with Crippen molar-refractivity contribution in [1.82, 2.24) is 0 Å². The van der Waals surface area contributed by atoms with Gasteiger partial charge in [-0.2, -0.15) is 0 Å². The molecule has 0 heterocycles. The molecule has 0 N–H and O–H groups in total. The quantitative estimate of drug-likeness (QED) is 0.665. The minimum atomic E-state index is -1.03. The first-order valence-corrected chi connectivity index (χ1v) is 10.1. The van der Waals surface area contributed by atoms with Crippen LogP contribution >= 0.6 is 0 Å². The standard InChI is InChI=1S/C13H24OSi/c1-15(2,3)12-9-11(12)13(14)10-7-5-4-6-8-10/h10-12H,4-9H2,1-3H3/t11-,12-/m1/s1. The number of rotatable bonds is 3. The van der Waals surface area contributed by atoms with Crippen LogP contribution in [0.25, 0.3) is 0 Å². The highest BCUT2D eigenvalue weighted by molar-refractivity contribution is 6.78. The first-order valence-electron chi connectivity index (χ1n) is 6.54. The van der Waals surface area contributed by atoms with Crippen LogP contribution in [-0.4, -0.2) is 13.9 Å². The van der Waals surface area contributed by atoms with E-state index in [0.717, 1.165) is 5.54 Å². The van der Waals surface area contributed by atoms with Gasteiger partial charge in [0.1, 0.15) is 5.78 Å². The monoisotopic (exact) mass is 224 g/mol. The molecule has 15 heavy (non-hydrogen) atoms. The Kier molecular flexibility index (Phi) is 3.06. The van der Waals surface area contributed by atoms with Crippen LogP contribution in [0.5, 0.6) is 0 Å². The van der Waals surface area contributed by atoms with E-state index in [9.17, 15) is 4.79 Å². The number of ketones is 1. The van der Waals surface area contributed by atoms with Gasteiger partial charge < -0.3 is 0 Å². The topological polar surface area (TPSA) is 17.1 Å². The number of hydrogen-bond donors (Lipinski definition) is 0. The van der Waals surface area contributed by atoms with E-state index in [2.05, 4.69) is 19.6 Å². The molecule has 2 aliphatic carbocycles. The third kappa shape index (κ3) is 2.52. The summed E-state index contributed by atoms with van der Waals surface area (Å²) in [7, 11) is -1.03. The van der Waals surface area contributed by atoms with Gasteiger partial charge in [-0.15, -0.1) is 0 Å². The molecule has 0 aromatic heterocycles. The van der Waals surface area contributed by atoms with Gasteiger partial charge in [0.15, 0.2) is 0 Å². The smallest absolute Gasteiger partial charge is 0.139 e. The minimum Gasteiger partial charge on any atom is -0.299 e. The van der Waals surface area contributed by atoms with Crippen molar-refractivity contribution in [1.29, 1.82) is 0 Å². The minimum absolute atomic E-state index is 0.449. The molecule has 0 spiro atoms. The second-order valence-corrected chi connectivity index (χ2v) is 12.0. The molecule has 0 amide bonds. The predicted octanol–water partition coefficient (Wildman–Crippen LogP) is 3.86. The van der Waals surface area contributed by atoms with E-state index in [4.69, 9.17) is 0 Å². The Bertz CT molecular complexity index is 248. The fourth-order valence-electron chi connectivity index (χ4n) is 3.16. The van der Waals surface area contributed by atoms with Gasteiger partial charge in [-0.3, -0.25) is 4.79 Å². The van der Waals surface area contributed by atoms with Gasteiger partial charge in [0.05, 0.1) is 0 Å². The Labute approximate surface area is 94.6 Å². The lowest BCUT2D eigenvalue weighted by molar-refractivity contribution is -0.125. The zero-order chi connectivity index (χ0) is 11.1. The van der Waals surface area contributed by atoms with Gasteiger partial charge in [-0.25, -0.2) is 0 Å². The summed E-state index contributed by atoms with van der Waals surface area (Å²) in [4.78, 5) is 12.2. The van der Waals surface area contributed by atoms with Gasteiger partial charge in [0.25, 0.3) is 0 Å². The average Bonchev–Trinajstić information content (AvgIpc) is 2.97. The number of Topliss-reactive ketones (excluding diaryl/α,β-unsaturated/α-hetero) is 1. The van der Waals surface area contributed by atoms with E-state index in [-0.39, 0.29) is 0 Å². The Morgan fingerprint density at radius 3 is 2.13 bits per heavy atom. The van der Waals surface area contributed by atoms with Crippen LogP contribution < -0.4 is 0 Å². The summed E-state index contributed by atoms with van der Waals surface area (Å²) in [5, 5.41) is 0.